The van der Waals surface area contributed by atoms with E-state index in [0.717, 1.165) is 62.2 Å². The van der Waals surface area contributed by atoms with Gasteiger partial charge in [-0.2, -0.15) is 0 Å². The van der Waals surface area contributed by atoms with E-state index in [-0.39, 0.29) is 5.91 Å². The summed E-state index contributed by atoms with van der Waals surface area (Å²) < 4.78 is 0. The first kappa shape index (κ1) is 21.2. The zero-order valence-electron chi connectivity index (χ0n) is 18.2. The van der Waals surface area contributed by atoms with Crippen LogP contribution in [0.5, 0.6) is 0 Å². The quantitative estimate of drug-likeness (QED) is 0.594. The monoisotopic (exact) mass is 453 g/mol. The fraction of sp³-hybridized carbons (Fsp3) is 0.478. The minimum absolute atomic E-state index is 0.273. The first-order valence-electron chi connectivity index (χ1n) is 11.3. The molecule has 0 bridgehead atoms. The third kappa shape index (κ3) is 4.29. The summed E-state index contributed by atoms with van der Waals surface area (Å²) in [6.07, 6.45) is 8.05. The van der Waals surface area contributed by atoms with Gasteiger partial charge in [0.1, 0.15) is 5.65 Å². The average molecular weight is 454 g/mol. The molecular formula is C23H28ClN7O. The summed E-state index contributed by atoms with van der Waals surface area (Å²) >= 11 is 6.44. The molecule has 3 aromatic heterocycles. The van der Waals surface area contributed by atoms with E-state index in [1.807, 2.05) is 30.2 Å². The number of aromatic nitrogens is 4. The van der Waals surface area contributed by atoms with Crippen molar-refractivity contribution in [1.29, 1.82) is 0 Å². The predicted molar refractivity (Wildman–Crippen MR) is 126 cm³/mol. The number of fused-ring (bicyclic) bond motifs is 1. The van der Waals surface area contributed by atoms with E-state index in [9.17, 15) is 4.79 Å². The molecule has 0 saturated carbocycles. The molecule has 9 heteroatoms. The summed E-state index contributed by atoms with van der Waals surface area (Å²) in [5, 5.41) is 5.00. The van der Waals surface area contributed by atoms with Gasteiger partial charge in [-0.25, -0.2) is 15.0 Å². The molecule has 0 aromatic carbocycles. The smallest absolute Gasteiger partial charge is 0.223 e. The molecule has 2 saturated heterocycles. The second kappa shape index (κ2) is 9.03. The maximum absolute atomic E-state index is 11.9. The van der Waals surface area contributed by atoms with Gasteiger partial charge in [0.25, 0.3) is 0 Å². The third-order valence-electron chi connectivity index (χ3n) is 6.51. The molecule has 3 aromatic rings. The molecule has 2 aliphatic heterocycles. The van der Waals surface area contributed by atoms with Crippen LogP contribution in [0.2, 0.25) is 5.02 Å². The van der Waals surface area contributed by atoms with Gasteiger partial charge in [-0.15, -0.1) is 0 Å². The van der Waals surface area contributed by atoms with Crippen molar-refractivity contribution in [2.45, 2.75) is 32.2 Å². The van der Waals surface area contributed by atoms with Crippen LogP contribution in [0, 0.1) is 5.92 Å². The SMILES string of the molecule is CCC(=O)N1CCC(CN2CC[C@@H](Nc3ncc(Cl)c(-c4c[nH]c5ncccc45)n3)C2)C1. The van der Waals surface area contributed by atoms with Crippen LogP contribution in [0.4, 0.5) is 5.95 Å². The first-order chi connectivity index (χ1) is 15.6. The fourth-order valence-corrected chi connectivity index (χ4v) is 5.07. The summed E-state index contributed by atoms with van der Waals surface area (Å²) in [5.41, 5.74) is 2.43. The molecule has 5 heterocycles. The van der Waals surface area contributed by atoms with Crippen LogP contribution in [0.3, 0.4) is 0 Å². The highest BCUT2D eigenvalue weighted by Gasteiger charge is 2.30. The van der Waals surface area contributed by atoms with E-state index in [4.69, 9.17) is 16.6 Å². The van der Waals surface area contributed by atoms with E-state index in [2.05, 4.69) is 25.2 Å². The van der Waals surface area contributed by atoms with Gasteiger partial charge in [0.05, 0.1) is 16.9 Å². The van der Waals surface area contributed by atoms with Gasteiger partial charge in [-0.1, -0.05) is 18.5 Å². The standard InChI is InChI=1S/C23H28ClN7O/c1-2-20(32)31-9-5-15(13-31)12-30-8-6-16(14-30)28-23-27-11-19(24)21(29-23)18-10-26-22-17(18)4-3-7-25-22/h3-4,7,10-11,15-16H,2,5-6,8-9,12-14H2,1H3,(H,25,26)(H,27,28,29)/t15?,16-/m1/s1. The summed E-state index contributed by atoms with van der Waals surface area (Å²) in [6.45, 7) is 6.77. The van der Waals surface area contributed by atoms with Crippen molar-refractivity contribution in [2.24, 2.45) is 5.92 Å². The number of aromatic amines is 1. The second-order valence-electron chi connectivity index (χ2n) is 8.73. The molecule has 2 atom stereocenters. The molecule has 1 unspecified atom stereocenters. The Balaban J connectivity index is 1.22. The van der Waals surface area contributed by atoms with E-state index in [0.29, 0.717) is 35.0 Å². The van der Waals surface area contributed by atoms with Gasteiger partial charge in [-0.3, -0.25) is 4.79 Å². The molecule has 1 amide bonds. The second-order valence-corrected chi connectivity index (χ2v) is 9.14. The minimum Gasteiger partial charge on any atom is -0.350 e. The number of anilines is 1. The molecule has 0 radical (unpaired) electrons. The highest BCUT2D eigenvalue weighted by Crippen LogP contribution is 2.32. The van der Waals surface area contributed by atoms with Crippen molar-refractivity contribution in [3.8, 4) is 11.3 Å². The zero-order chi connectivity index (χ0) is 22.1. The third-order valence-corrected chi connectivity index (χ3v) is 6.79. The Morgan fingerprint density at radius 1 is 1.28 bits per heavy atom. The molecular weight excluding hydrogens is 426 g/mol. The predicted octanol–water partition coefficient (Wildman–Crippen LogP) is 3.42. The largest absolute Gasteiger partial charge is 0.350 e. The maximum Gasteiger partial charge on any atom is 0.223 e. The lowest BCUT2D eigenvalue weighted by Crippen LogP contribution is -2.33. The highest BCUT2D eigenvalue weighted by atomic mass is 35.5. The van der Waals surface area contributed by atoms with Crippen LogP contribution < -0.4 is 5.32 Å². The lowest BCUT2D eigenvalue weighted by atomic mass is 10.1. The Morgan fingerprint density at radius 2 is 2.19 bits per heavy atom. The van der Waals surface area contributed by atoms with E-state index in [1.165, 1.54) is 0 Å². The van der Waals surface area contributed by atoms with Crippen molar-refractivity contribution in [3.05, 3.63) is 35.7 Å². The fourth-order valence-electron chi connectivity index (χ4n) is 4.87. The normalized spacial score (nSPS) is 21.5. The van der Waals surface area contributed by atoms with Crippen LogP contribution >= 0.6 is 11.6 Å². The van der Waals surface area contributed by atoms with Crippen molar-refractivity contribution in [1.82, 2.24) is 29.7 Å². The maximum atomic E-state index is 11.9. The molecule has 2 N–H and O–H groups in total. The molecule has 0 spiro atoms. The van der Waals surface area contributed by atoms with E-state index in [1.54, 1.807) is 12.4 Å². The number of amides is 1. The Kier molecular flexibility index (Phi) is 5.97. The zero-order valence-corrected chi connectivity index (χ0v) is 19.0. The van der Waals surface area contributed by atoms with Crippen LogP contribution in [-0.2, 0) is 4.79 Å². The molecule has 0 aliphatic carbocycles. The number of hydrogen-bond donors (Lipinski definition) is 2. The van der Waals surface area contributed by atoms with Crippen molar-refractivity contribution >= 4 is 34.5 Å². The van der Waals surface area contributed by atoms with Gasteiger partial charge in [-0.05, 0) is 30.9 Å². The first-order valence-corrected chi connectivity index (χ1v) is 11.7. The van der Waals surface area contributed by atoms with E-state index < -0.39 is 0 Å². The lowest BCUT2D eigenvalue weighted by molar-refractivity contribution is -0.129. The van der Waals surface area contributed by atoms with Crippen LogP contribution in [0.1, 0.15) is 26.2 Å². The van der Waals surface area contributed by atoms with Gasteiger partial charge in [0.2, 0.25) is 11.9 Å². The van der Waals surface area contributed by atoms with Crippen LogP contribution in [0.15, 0.2) is 30.7 Å². The number of hydrogen-bond acceptors (Lipinski definition) is 6. The van der Waals surface area contributed by atoms with Gasteiger partial charge < -0.3 is 20.1 Å². The number of rotatable bonds is 6. The Hall–Kier alpha value is -2.71. The highest BCUT2D eigenvalue weighted by molar-refractivity contribution is 6.33. The van der Waals surface area contributed by atoms with E-state index >= 15 is 0 Å². The molecule has 168 valence electrons. The Bertz CT molecular complexity index is 1120. The van der Waals surface area contributed by atoms with Crippen molar-refractivity contribution < 1.29 is 4.79 Å². The van der Waals surface area contributed by atoms with Gasteiger partial charge in [0, 0.05) is 68.5 Å². The van der Waals surface area contributed by atoms with Crippen LogP contribution in [0.25, 0.3) is 22.3 Å². The summed E-state index contributed by atoms with van der Waals surface area (Å²) in [5.74, 6) is 1.43. The number of nitrogens with zero attached hydrogens (tertiary/aromatic N) is 5. The number of nitrogens with one attached hydrogen (secondary N) is 2. The minimum atomic E-state index is 0.273. The molecule has 2 aliphatic rings. The Labute approximate surface area is 192 Å². The molecule has 32 heavy (non-hydrogen) atoms. The molecule has 2 fully saturated rings. The van der Waals surface area contributed by atoms with Gasteiger partial charge >= 0.3 is 0 Å². The molecule has 5 rings (SSSR count). The summed E-state index contributed by atoms with van der Waals surface area (Å²) in [6, 6.07) is 4.21. The number of carbonyl (C=O) groups excluding carboxylic acids is 1. The average Bonchev–Trinajstić information content (AvgIpc) is 3.55. The van der Waals surface area contributed by atoms with Gasteiger partial charge in [0.15, 0.2) is 0 Å². The summed E-state index contributed by atoms with van der Waals surface area (Å²) in [7, 11) is 0. The number of halogens is 1. The van der Waals surface area contributed by atoms with Crippen molar-refractivity contribution in [3.63, 3.8) is 0 Å². The number of likely N-dealkylation sites (tertiary alicyclic amines) is 2. The summed E-state index contributed by atoms with van der Waals surface area (Å²) in [4.78, 5) is 33.1. The molecule has 8 nitrogen and oxygen atoms in total. The number of H-pyrrole nitrogens is 1. The number of pyridine rings is 1. The number of carbonyl (C=O) groups is 1. The van der Waals surface area contributed by atoms with Crippen LogP contribution in [-0.4, -0.2) is 74.4 Å². The topological polar surface area (TPSA) is 90.0 Å². The Morgan fingerprint density at radius 3 is 3.06 bits per heavy atom. The lowest BCUT2D eigenvalue weighted by Gasteiger charge is -2.21. The van der Waals surface area contributed by atoms with Crippen molar-refractivity contribution in [2.75, 3.05) is 38.0 Å².